The molecule has 2 unspecified atom stereocenters. The lowest BCUT2D eigenvalue weighted by Crippen LogP contribution is -2.34. The molecule has 0 aliphatic heterocycles. The van der Waals surface area contributed by atoms with Gasteiger partial charge in [-0.25, -0.2) is 0 Å². The van der Waals surface area contributed by atoms with Crippen molar-refractivity contribution in [2.24, 2.45) is 17.8 Å². The molecular formula is C13H29N. The normalized spacial score (nSPS) is 16.3. The molecule has 0 fully saturated rings. The van der Waals surface area contributed by atoms with Gasteiger partial charge >= 0.3 is 0 Å². The van der Waals surface area contributed by atoms with Gasteiger partial charge in [-0.05, 0) is 38.1 Å². The van der Waals surface area contributed by atoms with E-state index in [1.807, 2.05) is 0 Å². The molecule has 86 valence electrons. The molecule has 1 N–H and O–H groups in total. The lowest BCUT2D eigenvalue weighted by molar-refractivity contribution is 0.234. The fourth-order valence-electron chi connectivity index (χ4n) is 2.27. The van der Waals surface area contributed by atoms with Gasteiger partial charge in [0.15, 0.2) is 0 Å². The van der Waals surface area contributed by atoms with Crippen molar-refractivity contribution in [3.8, 4) is 0 Å². The third-order valence-electron chi connectivity index (χ3n) is 3.71. The van der Waals surface area contributed by atoms with Crippen molar-refractivity contribution in [1.82, 2.24) is 5.32 Å². The molecule has 0 rings (SSSR count). The van der Waals surface area contributed by atoms with Gasteiger partial charge in [0.05, 0.1) is 0 Å². The standard InChI is InChI=1S/C13H29N/c1-7-12(8-2)9-13(10(3)4)11(5)14-6/h10-14H,7-9H2,1-6H3. The number of hydrogen-bond donors (Lipinski definition) is 1. The minimum absolute atomic E-state index is 0.649. The number of hydrogen-bond acceptors (Lipinski definition) is 1. The first kappa shape index (κ1) is 14.0. The smallest absolute Gasteiger partial charge is 0.00665 e. The monoisotopic (exact) mass is 199 g/mol. The molecule has 0 aliphatic rings. The van der Waals surface area contributed by atoms with Crippen molar-refractivity contribution in [2.45, 2.75) is 59.9 Å². The molecule has 0 radical (unpaired) electrons. The molecule has 0 spiro atoms. The first-order valence-electron chi connectivity index (χ1n) is 6.23. The van der Waals surface area contributed by atoms with E-state index >= 15 is 0 Å². The number of nitrogens with one attached hydrogen (secondary N) is 1. The van der Waals surface area contributed by atoms with Crippen LogP contribution in [-0.2, 0) is 0 Å². The summed E-state index contributed by atoms with van der Waals surface area (Å²) in [5, 5.41) is 3.40. The van der Waals surface area contributed by atoms with Crippen molar-refractivity contribution in [1.29, 1.82) is 0 Å². The molecule has 0 aromatic heterocycles. The second-order valence-electron chi connectivity index (χ2n) is 4.90. The van der Waals surface area contributed by atoms with Crippen molar-refractivity contribution in [3.63, 3.8) is 0 Å². The average Bonchev–Trinajstić information content (AvgIpc) is 2.18. The first-order valence-corrected chi connectivity index (χ1v) is 6.23. The Kier molecular flexibility index (Phi) is 7.26. The summed E-state index contributed by atoms with van der Waals surface area (Å²) in [6.07, 6.45) is 4.04. The molecule has 0 aromatic carbocycles. The predicted molar refractivity (Wildman–Crippen MR) is 65.5 cm³/mol. The van der Waals surface area contributed by atoms with Crippen LogP contribution in [0.4, 0.5) is 0 Å². The molecule has 0 bridgehead atoms. The Balaban J connectivity index is 4.21. The van der Waals surface area contributed by atoms with Gasteiger partial charge in [0, 0.05) is 6.04 Å². The molecular weight excluding hydrogens is 170 g/mol. The maximum Gasteiger partial charge on any atom is 0.00665 e. The zero-order chi connectivity index (χ0) is 11.1. The van der Waals surface area contributed by atoms with Crippen LogP contribution in [0.25, 0.3) is 0 Å². The molecule has 1 nitrogen and oxygen atoms in total. The van der Waals surface area contributed by atoms with E-state index in [0.717, 1.165) is 17.8 Å². The van der Waals surface area contributed by atoms with Gasteiger partial charge in [-0.3, -0.25) is 0 Å². The quantitative estimate of drug-likeness (QED) is 0.659. The molecule has 0 amide bonds. The Hall–Kier alpha value is -0.0400. The van der Waals surface area contributed by atoms with E-state index in [1.165, 1.54) is 19.3 Å². The van der Waals surface area contributed by atoms with Crippen LogP contribution < -0.4 is 5.32 Å². The van der Waals surface area contributed by atoms with Gasteiger partial charge in [0.25, 0.3) is 0 Å². The SMILES string of the molecule is CCC(CC)CC(C(C)C)C(C)NC. The lowest BCUT2D eigenvalue weighted by atomic mass is 9.80. The van der Waals surface area contributed by atoms with E-state index in [4.69, 9.17) is 0 Å². The van der Waals surface area contributed by atoms with Crippen molar-refractivity contribution >= 4 is 0 Å². The third-order valence-corrected chi connectivity index (χ3v) is 3.71. The van der Waals surface area contributed by atoms with Gasteiger partial charge in [-0.1, -0.05) is 40.5 Å². The summed E-state index contributed by atoms with van der Waals surface area (Å²) in [5.41, 5.74) is 0. The van der Waals surface area contributed by atoms with Gasteiger partial charge in [-0.2, -0.15) is 0 Å². The summed E-state index contributed by atoms with van der Waals surface area (Å²) in [5.74, 6) is 2.53. The van der Waals surface area contributed by atoms with Crippen molar-refractivity contribution in [3.05, 3.63) is 0 Å². The maximum atomic E-state index is 3.40. The number of rotatable bonds is 7. The largest absolute Gasteiger partial charge is 0.317 e. The summed E-state index contributed by atoms with van der Waals surface area (Å²) in [7, 11) is 2.08. The Morgan fingerprint density at radius 2 is 1.50 bits per heavy atom. The van der Waals surface area contributed by atoms with Crippen LogP contribution >= 0.6 is 0 Å². The van der Waals surface area contributed by atoms with Crippen LogP contribution in [0.15, 0.2) is 0 Å². The van der Waals surface area contributed by atoms with Crippen LogP contribution in [0.5, 0.6) is 0 Å². The van der Waals surface area contributed by atoms with Crippen molar-refractivity contribution < 1.29 is 0 Å². The summed E-state index contributed by atoms with van der Waals surface area (Å²) in [4.78, 5) is 0. The molecule has 0 saturated carbocycles. The van der Waals surface area contributed by atoms with E-state index < -0.39 is 0 Å². The van der Waals surface area contributed by atoms with Gasteiger partial charge in [-0.15, -0.1) is 0 Å². The highest BCUT2D eigenvalue weighted by Gasteiger charge is 2.22. The highest BCUT2D eigenvalue weighted by atomic mass is 14.9. The zero-order valence-electron chi connectivity index (χ0n) is 10.9. The van der Waals surface area contributed by atoms with Gasteiger partial charge < -0.3 is 5.32 Å². The van der Waals surface area contributed by atoms with Crippen molar-refractivity contribution in [2.75, 3.05) is 7.05 Å². The average molecular weight is 199 g/mol. The molecule has 0 aromatic rings. The van der Waals surface area contributed by atoms with E-state index in [1.54, 1.807) is 0 Å². The fraction of sp³-hybridized carbons (Fsp3) is 1.00. The minimum atomic E-state index is 0.649. The Morgan fingerprint density at radius 3 is 1.79 bits per heavy atom. The lowest BCUT2D eigenvalue weighted by Gasteiger charge is -2.30. The fourth-order valence-corrected chi connectivity index (χ4v) is 2.27. The summed E-state index contributed by atoms with van der Waals surface area (Å²) in [6.45, 7) is 11.6. The molecule has 0 heterocycles. The Bertz CT molecular complexity index is 127. The van der Waals surface area contributed by atoms with E-state index in [-0.39, 0.29) is 0 Å². The van der Waals surface area contributed by atoms with E-state index in [0.29, 0.717) is 6.04 Å². The van der Waals surface area contributed by atoms with Crippen LogP contribution in [0.1, 0.15) is 53.9 Å². The first-order chi connectivity index (χ1) is 6.56. The zero-order valence-corrected chi connectivity index (χ0v) is 10.9. The van der Waals surface area contributed by atoms with E-state index in [2.05, 4.69) is 47.0 Å². The highest BCUT2D eigenvalue weighted by Crippen LogP contribution is 2.27. The summed E-state index contributed by atoms with van der Waals surface area (Å²) >= 11 is 0. The second-order valence-corrected chi connectivity index (χ2v) is 4.90. The van der Waals surface area contributed by atoms with Gasteiger partial charge in [0.2, 0.25) is 0 Å². The third kappa shape index (κ3) is 4.45. The second kappa shape index (κ2) is 7.28. The van der Waals surface area contributed by atoms with E-state index in [9.17, 15) is 0 Å². The Morgan fingerprint density at radius 1 is 1.00 bits per heavy atom. The molecule has 0 saturated heterocycles. The minimum Gasteiger partial charge on any atom is -0.317 e. The molecule has 0 aliphatic carbocycles. The van der Waals surface area contributed by atoms with Crippen LogP contribution in [0.3, 0.4) is 0 Å². The Labute approximate surface area is 90.7 Å². The topological polar surface area (TPSA) is 12.0 Å². The summed E-state index contributed by atoms with van der Waals surface area (Å²) in [6, 6.07) is 0.649. The summed E-state index contributed by atoms with van der Waals surface area (Å²) < 4.78 is 0. The van der Waals surface area contributed by atoms with Crippen LogP contribution in [-0.4, -0.2) is 13.1 Å². The highest BCUT2D eigenvalue weighted by molar-refractivity contribution is 4.76. The maximum absolute atomic E-state index is 3.40. The predicted octanol–water partition coefficient (Wildman–Crippen LogP) is 3.69. The van der Waals surface area contributed by atoms with Gasteiger partial charge in [0.1, 0.15) is 0 Å². The molecule has 2 atom stereocenters. The molecule has 1 heteroatoms. The van der Waals surface area contributed by atoms with Crippen LogP contribution in [0.2, 0.25) is 0 Å². The van der Waals surface area contributed by atoms with Crippen LogP contribution in [0, 0.1) is 17.8 Å². The molecule has 14 heavy (non-hydrogen) atoms.